The van der Waals surface area contributed by atoms with E-state index in [-0.39, 0.29) is 36.3 Å². The molecule has 0 N–H and O–H groups in total. The van der Waals surface area contributed by atoms with E-state index in [1.54, 1.807) is 46.6 Å². The number of thiophene rings is 1. The zero-order valence-electron chi connectivity index (χ0n) is 23.0. The van der Waals surface area contributed by atoms with Gasteiger partial charge in [-0.25, -0.2) is 12.8 Å². The van der Waals surface area contributed by atoms with Gasteiger partial charge in [0.1, 0.15) is 5.82 Å². The summed E-state index contributed by atoms with van der Waals surface area (Å²) in [7, 11) is -4.02. The third-order valence-electron chi connectivity index (χ3n) is 7.39. The Bertz CT molecular complexity index is 1580. The summed E-state index contributed by atoms with van der Waals surface area (Å²) in [5.41, 5.74) is 1.84. The van der Waals surface area contributed by atoms with E-state index in [2.05, 4.69) is 4.90 Å². The maximum absolute atomic E-state index is 14.2. The first kappa shape index (κ1) is 29.3. The molecule has 0 aliphatic carbocycles. The molecule has 1 saturated heterocycles. The monoisotopic (exact) mass is 595 g/mol. The van der Waals surface area contributed by atoms with Crippen molar-refractivity contribution in [3.63, 3.8) is 0 Å². The summed E-state index contributed by atoms with van der Waals surface area (Å²) in [6.07, 6.45) is 0. The highest BCUT2D eigenvalue weighted by molar-refractivity contribution is 7.89. The molecule has 3 aromatic carbocycles. The molecule has 4 aromatic rings. The van der Waals surface area contributed by atoms with E-state index in [1.165, 1.54) is 16.4 Å². The van der Waals surface area contributed by atoms with Crippen molar-refractivity contribution in [3.05, 3.63) is 100.0 Å². The van der Waals surface area contributed by atoms with Crippen molar-refractivity contribution in [3.8, 4) is 0 Å². The number of ether oxygens (including phenoxy) is 1. The smallest absolute Gasteiger partial charge is 0.244 e. The van der Waals surface area contributed by atoms with Gasteiger partial charge in [-0.3, -0.25) is 9.69 Å². The Hall–Kier alpha value is -3.15. The van der Waals surface area contributed by atoms with Gasteiger partial charge >= 0.3 is 0 Å². The van der Waals surface area contributed by atoms with Crippen LogP contribution < -0.4 is 0 Å². The molecular weight excluding hydrogens is 561 g/mol. The third kappa shape index (κ3) is 7.20. The van der Waals surface area contributed by atoms with Crippen molar-refractivity contribution in [1.82, 2.24) is 14.1 Å². The number of hydrogen-bond donors (Lipinski definition) is 0. The first-order valence-corrected chi connectivity index (χ1v) is 16.0. The molecule has 0 radical (unpaired) electrons. The summed E-state index contributed by atoms with van der Waals surface area (Å²) in [6.45, 7) is 5.54. The van der Waals surface area contributed by atoms with Crippen LogP contribution in [0.4, 0.5) is 4.39 Å². The van der Waals surface area contributed by atoms with E-state index in [9.17, 15) is 17.6 Å². The largest absolute Gasteiger partial charge is 0.379 e. The minimum absolute atomic E-state index is 0.166. The number of rotatable bonds is 11. The maximum atomic E-state index is 14.2. The quantitative estimate of drug-likeness (QED) is 0.247. The van der Waals surface area contributed by atoms with Crippen LogP contribution in [0.1, 0.15) is 16.0 Å². The van der Waals surface area contributed by atoms with Gasteiger partial charge in [0.05, 0.1) is 31.2 Å². The lowest BCUT2D eigenvalue weighted by molar-refractivity contribution is -0.132. The van der Waals surface area contributed by atoms with Crippen molar-refractivity contribution < 1.29 is 22.3 Å². The van der Waals surface area contributed by atoms with E-state index in [0.29, 0.717) is 44.8 Å². The second-order valence-corrected chi connectivity index (χ2v) is 13.1. The van der Waals surface area contributed by atoms with Gasteiger partial charge in [-0.2, -0.15) is 4.31 Å². The number of aryl methyl sites for hydroxylation is 1. The van der Waals surface area contributed by atoms with Crippen LogP contribution in [-0.4, -0.2) is 74.4 Å². The molecule has 1 aromatic heterocycles. The second-order valence-electron chi connectivity index (χ2n) is 10.2. The van der Waals surface area contributed by atoms with Crippen LogP contribution in [0, 0.1) is 12.7 Å². The van der Waals surface area contributed by atoms with Gasteiger partial charge in [0.15, 0.2) is 0 Å². The Morgan fingerprint density at radius 2 is 1.71 bits per heavy atom. The van der Waals surface area contributed by atoms with Gasteiger partial charge in [-0.1, -0.05) is 48.5 Å². The molecule has 1 amide bonds. The van der Waals surface area contributed by atoms with Crippen LogP contribution in [0.3, 0.4) is 0 Å². The summed E-state index contributed by atoms with van der Waals surface area (Å²) in [4.78, 5) is 19.0. The lowest BCUT2D eigenvalue weighted by Crippen LogP contribution is -2.47. The first-order valence-electron chi connectivity index (χ1n) is 13.6. The fourth-order valence-corrected chi connectivity index (χ4v) is 7.47. The number of nitrogens with zero attached hydrogens (tertiary/aromatic N) is 3. The van der Waals surface area contributed by atoms with Gasteiger partial charge in [-0.05, 0) is 53.1 Å². The molecule has 10 heteroatoms. The molecular formula is C31H34FN3O4S2. The van der Waals surface area contributed by atoms with Crippen LogP contribution in [-0.2, 0) is 32.6 Å². The fourth-order valence-electron chi connectivity index (χ4n) is 4.95. The summed E-state index contributed by atoms with van der Waals surface area (Å²) in [6, 6.07) is 20.6. The number of hydrogen-bond acceptors (Lipinski definition) is 6. The topological polar surface area (TPSA) is 70.2 Å². The van der Waals surface area contributed by atoms with E-state index >= 15 is 0 Å². The van der Waals surface area contributed by atoms with Crippen molar-refractivity contribution in [2.45, 2.75) is 24.9 Å². The summed E-state index contributed by atoms with van der Waals surface area (Å²) in [5.74, 6) is -0.663. The molecule has 216 valence electrons. The highest BCUT2D eigenvalue weighted by Crippen LogP contribution is 2.26. The number of carbonyl (C=O) groups excluding carboxylic acids is 1. The molecule has 1 aliphatic heterocycles. The second kappa shape index (κ2) is 13.2. The van der Waals surface area contributed by atoms with E-state index in [4.69, 9.17) is 4.74 Å². The average Bonchev–Trinajstić information content (AvgIpc) is 3.39. The third-order valence-corrected chi connectivity index (χ3v) is 10.3. The number of sulfonamides is 1. The molecule has 41 heavy (non-hydrogen) atoms. The van der Waals surface area contributed by atoms with E-state index < -0.39 is 10.0 Å². The van der Waals surface area contributed by atoms with Crippen molar-refractivity contribution in [2.24, 2.45) is 0 Å². The minimum atomic E-state index is -4.02. The molecule has 2 heterocycles. The Balaban J connectivity index is 1.45. The number of carbonyl (C=O) groups is 1. The Labute approximate surface area is 244 Å². The highest BCUT2D eigenvalue weighted by Gasteiger charge is 2.31. The predicted molar refractivity (Wildman–Crippen MR) is 160 cm³/mol. The molecule has 7 nitrogen and oxygen atoms in total. The van der Waals surface area contributed by atoms with Gasteiger partial charge in [-0.15, -0.1) is 11.3 Å². The average molecular weight is 596 g/mol. The number of fused-ring (bicyclic) bond motifs is 1. The van der Waals surface area contributed by atoms with Crippen LogP contribution in [0.25, 0.3) is 10.8 Å². The number of halogens is 1. The summed E-state index contributed by atoms with van der Waals surface area (Å²) in [5, 5.41) is 3.42. The lowest BCUT2D eigenvalue weighted by Gasteiger charge is -2.31. The van der Waals surface area contributed by atoms with Gasteiger partial charge in [0.2, 0.25) is 15.9 Å². The summed E-state index contributed by atoms with van der Waals surface area (Å²) >= 11 is 1.56. The fraction of sp³-hybridized carbons (Fsp3) is 0.323. The van der Waals surface area contributed by atoms with Crippen molar-refractivity contribution in [1.29, 1.82) is 0 Å². The van der Waals surface area contributed by atoms with Crippen LogP contribution >= 0.6 is 11.3 Å². The number of amides is 1. The molecule has 0 spiro atoms. The SMILES string of the molecule is Cc1ccsc1CN(Cc1ccc(F)cc1)C(=O)CN(CCN1CCOCC1)S(=O)(=O)c1cccc2ccccc12. The van der Waals surface area contributed by atoms with Gasteiger partial charge < -0.3 is 9.64 Å². The molecule has 1 fully saturated rings. The summed E-state index contributed by atoms with van der Waals surface area (Å²) < 4.78 is 48.8. The van der Waals surface area contributed by atoms with Gasteiger partial charge in [0.25, 0.3) is 0 Å². The Morgan fingerprint density at radius 1 is 0.976 bits per heavy atom. The molecule has 5 rings (SSSR count). The molecule has 0 bridgehead atoms. The first-order chi connectivity index (χ1) is 19.8. The zero-order chi connectivity index (χ0) is 28.8. The normalized spacial score (nSPS) is 14.5. The van der Waals surface area contributed by atoms with Crippen molar-refractivity contribution in [2.75, 3.05) is 45.9 Å². The predicted octanol–water partition coefficient (Wildman–Crippen LogP) is 4.90. The van der Waals surface area contributed by atoms with E-state index in [1.807, 2.05) is 42.6 Å². The zero-order valence-corrected chi connectivity index (χ0v) is 24.7. The molecule has 1 aliphatic rings. The Kier molecular flexibility index (Phi) is 9.46. The highest BCUT2D eigenvalue weighted by atomic mass is 32.2. The Morgan fingerprint density at radius 3 is 2.44 bits per heavy atom. The lowest BCUT2D eigenvalue weighted by atomic mass is 10.1. The van der Waals surface area contributed by atoms with Crippen LogP contribution in [0.2, 0.25) is 0 Å². The maximum Gasteiger partial charge on any atom is 0.244 e. The molecule has 0 saturated carbocycles. The van der Waals surface area contributed by atoms with Crippen LogP contribution in [0.15, 0.2) is 83.1 Å². The van der Waals surface area contributed by atoms with Crippen molar-refractivity contribution >= 4 is 38.0 Å². The number of morpholine rings is 1. The standard InChI is InChI=1S/C31H34FN3O4S2/c1-24-13-20-40-29(24)22-34(21-25-9-11-27(32)12-10-25)31(36)23-35(15-14-33-16-18-39-19-17-33)41(37,38)30-8-4-6-26-5-2-3-7-28(26)30/h2-13,20H,14-19,21-23H2,1H3. The van der Waals surface area contributed by atoms with Gasteiger partial charge in [0, 0.05) is 43.0 Å². The van der Waals surface area contributed by atoms with Crippen LogP contribution in [0.5, 0.6) is 0 Å². The molecule has 0 unspecified atom stereocenters. The molecule has 0 atom stereocenters. The van der Waals surface area contributed by atoms with E-state index in [0.717, 1.165) is 21.4 Å². The number of benzene rings is 3. The minimum Gasteiger partial charge on any atom is -0.379 e.